The van der Waals surface area contributed by atoms with Gasteiger partial charge >= 0.3 is 0 Å². The molecule has 2 N–H and O–H groups in total. The highest BCUT2D eigenvalue weighted by Gasteiger charge is 2.04. The summed E-state index contributed by atoms with van der Waals surface area (Å²) < 4.78 is 0. The molecule has 0 aromatic heterocycles. The van der Waals surface area contributed by atoms with Gasteiger partial charge in [0.15, 0.2) is 0 Å². The molecule has 0 fully saturated rings. The number of carboxylic acid groups (broad SMARTS) is 1. The molecule has 0 spiro atoms. The summed E-state index contributed by atoms with van der Waals surface area (Å²) in [6, 6.07) is 1.50. The molecule has 0 saturated heterocycles. The summed E-state index contributed by atoms with van der Waals surface area (Å²) in [6.07, 6.45) is 3.52. The molecule has 0 aliphatic heterocycles. The maximum absolute atomic E-state index is 10.3. The van der Waals surface area contributed by atoms with E-state index in [0.717, 1.165) is 31.3 Å². The van der Waals surface area contributed by atoms with Crippen molar-refractivity contribution >= 4 is 5.97 Å². The van der Waals surface area contributed by atoms with E-state index in [2.05, 4.69) is 39.9 Å². The summed E-state index contributed by atoms with van der Waals surface area (Å²) in [6.45, 7) is 12.8. The van der Waals surface area contributed by atoms with Crippen LogP contribution in [0, 0.1) is 5.92 Å². The molecule has 0 saturated carbocycles. The minimum atomic E-state index is -0.893. The van der Waals surface area contributed by atoms with Crippen LogP contribution < -0.4 is 10.4 Å². The Balaban J connectivity index is 0. The highest BCUT2D eigenvalue weighted by Crippen LogP contribution is 2.10. The predicted octanol–water partition coefficient (Wildman–Crippen LogP) is 1.32. The largest absolute Gasteiger partial charge is 0.550 e. The third-order valence-electron chi connectivity index (χ3n) is 2.50. The molecular weight excluding hydrogens is 214 g/mol. The fourth-order valence-electron chi connectivity index (χ4n) is 1.71. The molecule has 3 heteroatoms. The number of unbranched alkanes of at least 4 members (excludes halogenated alkanes) is 1. The molecule has 0 bridgehead atoms. The van der Waals surface area contributed by atoms with E-state index in [4.69, 9.17) is 0 Å². The summed E-state index contributed by atoms with van der Waals surface area (Å²) in [4.78, 5) is 10.3. The van der Waals surface area contributed by atoms with Gasteiger partial charge in [0.1, 0.15) is 0 Å². The number of carbonyl (C=O) groups is 1. The molecule has 0 rings (SSSR count). The zero-order chi connectivity index (χ0) is 13.8. The predicted molar refractivity (Wildman–Crippen MR) is 70.5 cm³/mol. The Morgan fingerprint density at radius 1 is 1.12 bits per heavy atom. The average Bonchev–Trinajstić information content (AvgIpc) is 2.17. The highest BCUT2D eigenvalue weighted by molar-refractivity contribution is 5.67. The molecule has 1 atom stereocenters. The molecule has 0 aromatic carbocycles. The molecule has 0 amide bonds. The van der Waals surface area contributed by atoms with Gasteiger partial charge in [0.2, 0.25) is 0 Å². The van der Waals surface area contributed by atoms with Crippen molar-refractivity contribution in [3.63, 3.8) is 0 Å². The standard InChI is InChI=1S/C8H16O2.C6H15N/c1-3-5-6-7(4-2)8(9)10;1-5(2)7-6(3)4/h7H,3-6H2,1-2H3,(H,9,10);5-7H,1-4H3. The molecule has 104 valence electrons. The molecule has 1 unspecified atom stereocenters. The second kappa shape index (κ2) is 11.9. The SMILES string of the molecule is CC(C)[NH2+]C(C)C.CCCCC(CC)C(=O)[O-]. The van der Waals surface area contributed by atoms with Crippen LogP contribution in [0.3, 0.4) is 0 Å². The highest BCUT2D eigenvalue weighted by atomic mass is 16.4. The first kappa shape index (κ1) is 18.8. The topological polar surface area (TPSA) is 56.7 Å². The molecule has 0 radical (unpaired) electrons. The van der Waals surface area contributed by atoms with Crippen molar-refractivity contribution in [2.24, 2.45) is 5.92 Å². The minimum Gasteiger partial charge on any atom is -0.550 e. The number of quaternary nitrogens is 1. The van der Waals surface area contributed by atoms with Crippen molar-refractivity contribution in [1.82, 2.24) is 0 Å². The molecule has 17 heavy (non-hydrogen) atoms. The number of nitrogens with two attached hydrogens (primary N) is 1. The van der Waals surface area contributed by atoms with Crippen molar-refractivity contribution in [3.05, 3.63) is 0 Å². The summed E-state index contributed by atoms with van der Waals surface area (Å²) in [5.41, 5.74) is 0. The lowest BCUT2D eigenvalue weighted by Gasteiger charge is -2.14. The van der Waals surface area contributed by atoms with Crippen molar-refractivity contribution < 1.29 is 15.2 Å². The van der Waals surface area contributed by atoms with E-state index in [1.807, 2.05) is 6.92 Å². The average molecular weight is 245 g/mol. The number of aliphatic carboxylic acids is 1. The molecule has 0 aromatic rings. The lowest BCUT2D eigenvalue weighted by Crippen LogP contribution is -2.92. The summed E-state index contributed by atoms with van der Waals surface area (Å²) in [5, 5.41) is 12.7. The van der Waals surface area contributed by atoms with Gasteiger partial charge in [-0.25, -0.2) is 0 Å². The van der Waals surface area contributed by atoms with Gasteiger partial charge < -0.3 is 15.2 Å². The smallest absolute Gasteiger partial charge is 0.0803 e. The van der Waals surface area contributed by atoms with E-state index < -0.39 is 5.97 Å². The zero-order valence-electron chi connectivity index (χ0n) is 12.5. The van der Waals surface area contributed by atoms with Crippen LogP contribution in [0.1, 0.15) is 67.2 Å². The van der Waals surface area contributed by atoms with Gasteiger partial charge in [-0.15, -0.1) is 0 Å². The first-order valence-electron chi connectivity index (χ1n) is 6.90. The van der Waals surface area contributed by atoms with Crippen LogP contribution >= 0.6 is 0 Å². The lowest BCUT2D eigenvalue weighted by atomic mass is 10.00. The number of hydrogen-bond acceptors (Lipinski definition) is 2. The van der Waals surface area contributed by atoms with Gasteiger partial charge in [0.05, 0.1) is 12.1 Å². The van der Waals surface area contributed by atoms with Gasteiger partial charge in [-0.3, -0.25) is 0 Å². The van der Waals surface area contributed by atoms with Gasteiger partial charge in [-0.05, 0) is 46.5 Å². The van der Waals surface area contributed by atoms with Gasteiger partial charge in [-0.1, -0.05) is 26.7 Å². The second-order valence-electron chi connectivity index (χ2n) is 5.25. The van der Waals surface area contributed by atoms with Crippen LogP contribution in [-0.4, -0.2) is 18.1 Å². The van der Waals surface area contributed by atoms with E-state index >= 15 is 0 Å². The van der Waals surface area contributed by atoms with Gasteiger partial charge in [0.25, 0.3) is 0 Å². The van der Waals surface area contributed by atoms with Gasteiger partial charge in [0, 0.05) is 5.97 Å². The third-order valence-corrected chi connectivity index (χ3v) is 2.50. The Morgan fingerprint density at radius 3 is 1.76 bits per heavy atom. The summed E-state index contributed by atoms with van der Waals surface area (Å²) in [7, 11) is 0. The third kappa shape index (κ3) is 15.4. The lowest BCUT2D eigenvalue weighted by molar-refractivity contribution is -0.709. The Labute approximate surface area is 107 Å². The quantitative estimate of drug-likeness (QED) is 0.735. The van der Waals surface area contributed by atoms with E-state index in [0.29, 0.717) is 6.42 Å². The van der Waals surface area contributed by atoms with Crippen LogP contribution in [-0.2, 0) is 4.79 Å². The Hall–Kier alpha value is -0.570. The molecule has 0 aliphatic rings. The van der Waals surface area contributed by atoms with Crippen molar-refractivity contribution in [2.75, 3.05) is 0 Å². The van der Waals surface area contributed by atoms with Crippen LogP contribution in [0.15, 0.2) is 0 Å². The van der Waals surface area contributed by atoms with E-state index in [-0.39, 0.29) is 5.92 Å². The molecule has 3 nitrogen and oxygen atoms in total. The number of rotatable bonds is 7. The van der Waals surface area contributed by atoms with E-state index in [9.17, 15) is 9.90 Å². The molecule has 0 aliphatic carbocycles. The minimum absolute atomic E-state index is 0.222. The normalized spacial score (nSPS) is 12.2. The van der Waals surface area contributed by atoms with Crippen molar-refractivity contribution in [2.45, 2.75) is 79.3 Å². The van der Waals surface area contributed by atoms with Crippen LogP contribution in [0.5, 0.6) is 0 Å². The maximum Gasteiger partial charge on any atom is 0.0803 e. The zero-order valence-corrected chi connectivity index (χ0v) is 12.5. The molecule has 0 heterocycles. The maximum atomic E-state index is 10.3. The van der Waals surface area contributed by atoms with Crippen LogP contribution in [0.2, 0.25) is 0 Å². The first-order valence-corrected chi connectivity index (χ1v) is 6.90. The number of carbonyl (C=O) groups excluding carboxylic acids is 1. The fraction of sp³-hybridized carbons (Fsp3) is 0.929. The van der Waals surface area contributed by atoms with Crippen molar-refractivity contribution in [3.8, 4) is 0 Å². The first-order chi connectivity index (χ1) is 7.84. The fourth-order valence-corrected chi connectivity index (χ4v) is 1.71. The van der Waals surface area contributed by atoms with Crippen LogP contribution in [0.4, 0.5) is 0 Å². The van der Waals surface area contributed by atoms with E-state index in [1.165, 1.54) is 0 Å². The Kier molecular flexibility index (Phi) is 13.2. The van der Waals surface area contributed by atoms with Crippen LogP contribution in [0.25, 0.3) is 0 Å². The Morgan fingerprint density at radius 2 is 1.59 bits per heavy atom. The number of hydrogen-bond donors (Lipinski definition) is 1. The second-order valence-corrected chi connectivity index (χ2v) is 5.25. The van der Waals surface area contributed by atoms with Crippen molar-refractivity contribution in [1.29, 1.82) is 0 Å². The number of carboxylic acids is 1. The monoisotopic (exact) mass is 245 g/mol. The summed E-state index contributed by atoms with van der Waals surface area (Å²) in [5.74, 6) is -1.11. The van der Waals surface area contributed by atoms with E-state index in [1.54, 1.807) is 0 Å². The van der Waals surface area contributed by atoms with Gasteiger partial charge in [-0.2, -0.15) is 0 Å². The summed E-state index contributed by atoms with van der Waals surface area (Å²) >= 11 is 0. The Bertz CT molecular complexity index is 173. The molecular formula is C14H31NO2.